The number of hydrogen-bond donors (Lipinski definition) is 0. The first kappa shape index (κ1) is 19.5. The summed E-state index contributed by atoms with van der Waals surface area (Å²) in [6.07, 6.45) is 0. The molecule has 3 rings (SSSR count). The molecule has 0 aliphatic rings. The molecule has 0 unspecified atom stereocenters. The Morgan fingerprint density at radius 2 is 1.85 bits per heavy atom. The lowest BCUT2D eigenvalue weighted by Crippen LogP contribution is -2.33. The van der Waals surface area contributed by atoms with Gasteiger partial charge in [-0.05, 0) is 17.7 Å². The molecule has 0 radical (unpaired) electrons. The Morgan fingerprint density at radius 1 is 1.07 bits per heavy atom. The summed E-state index contributed by atoms with van der Waals surface area (Å²) in [7, 11) is 3.15. The van der Waals surface area contributed by atoms with Crippen LogP contribution in [0, 0.1) is 5.82 Å². The topological polar surface area (TPSA) is 38.8 Å². The summed E-state index contributed by atoms with van der Waals surface area (Å²) < 4.78 is 25.6. The summed E-state index contributed by atoms with van der Waals surface area (Å²) in [4.78, 5) is 15.6. The third-order valence-corrected chi connectivity index (χ3v) is 5.50. The number of rotatable bonds is 8. The van der Waals surface area contributed by atoms with Crippen LogP contribution in [0.2, 0.25) is 0 Å². The monoisotopic (exact) mass is 387 g/mol. The first-order valence-electron chi connectivity index (χ1n) is 8.66. The van der Waals surface area contributed by atoms with Gasteiger partial charge in [-0.2, -0.15) is 0 Å². The Bertz CT molecular complexity index is 910. The second-order valence-electron chi connectivity index (χ2n) is 6.16. The van der Waals surface area contributed by atoms with E-state index in [1.807, 2.05) is 36.4 Å². The summed E-state index contributed by atoms with van der Waals surface area (Å²) in [5.74, 6) is -0.468. The predicted molar refractivity (Wildman–Crippen MR) is 106 cm³/mol. The van der Waals surface area contributed by atoms with Crippen molar-refractivity contribution in [3.63, 3.8) is 0 Å². The Hall–Kier alpha value is -2.28. The predicted octanol–water partition coefficient (Wildman–Crippen LogP) is 4.48. The SMILES string of the molecule is COCCN(Cc1ccccc1)C(=O)c1sc2cccc(F)c2c1COC. The average molecular weight is 387 g/mol. The Balaban J connectivity index is 1.99. The molecule has 0 atom stereocenters. The molecule has 1 amide bonds. The maximum atomic E-state index is 14.4. The van der Waals surface area contributed by atoms with E-state index in [-0.39, 0.29) is 18.3 Å². The van der Waals surface area contributed by atoms with Crippen LogP contribution in [0.5, 0.6) is 0 Å². The molecule has 0 aliphatic carbocycles. The van der Waals surface area contributed by atoms with Crippen molar-refractivity contribution < 1.29 is 18.7 Å². The van der Waals surface area contributed by atoms with Gasteiger partial charge >= 0.3 is 0 Å². The molecule has 0 fully saturated rings. The smallest absolute Gasteiger partial charge is 0.264 e. The molecule has 0 N–H and O–H groups in total. The molecule has 4 nitrogen and oxygen atoms in total. The molecule has 0 bridgehead atoms. The van der Waals surface area contributed by atoms with E-state index < -0.39 is 0 Å². The van der Waals surface area contributed by atoms with Crippen LogP contribution in [0.3, 0.4) is 0 Å². The largest absolute Gasteiger partial charge is 0.383 e. The molecule has 3 aromatic rings. The first-order chi connectivity index (χ1) is 13.2. The molecule has 0 spiro atoms. The molecule has 1 heterocycles. The van der Waals surface area contributed by atoms with Crippen LogP contribution in [-0.4, -0.2) is 38.2 Å². The molecule has 0 saturated heterocycles. The fraction of sp³-hybridized carbons (Fsp3) is 0.286. The van der Waals surface area contributed by atoms with E-state index in [9.17, 15) is 9.18 Å². The second kappa shape index (κ2) is 9.08. The summed E-state index contributed by atoms with van der Waals surface area (Å²) in [6, 6.07) is 14.7. The summed E-state index contributed by atoms with van der Waals surface area (Å²) in [6.45, 7) is 1.53. The summed E-state index contributed by atoms with van der Waals surface area (Å²) >= 11 is 1.31. The number of amides is 1. The van der Waals surface area contributed by atoms with Crippen molar-refractivity contribution in [2.75, 3.05) is 27.4 Å². The van der Waals surface area contributed by atoms with E-state index >= 15 is 0 Å². The zero-order valence-corrected chi connectivity index (χ0v) is 16.2. The summed E-state index contributed by atoms with van der Waals surface area (Å²) in [5, 5.41) is 0.471. The molecular formula is C21H22FNO3S. The van der Waals surface area contributed by atoms with Crippen LogP contribution < -0.4 is 0 Å². The highest BCUT2D eigenvalue weighted by Crippen LogP contribution is 2.34. The van der Waals surface area contributed by atoms with Gasteiger partial charge in [-0.25, -0.2) is 4.39 Å². The third-order valence-electron chi connectivity index (χ3n) is 4.31. The average Bonchev–Trinajstić information content (AvgIpc) is 3.05. The van der Waals surface area contributed by atoms with Gasteiger partial charge in [0.25, 0.3) is 5.91 Å². The van der Waals surface area contributed by atoms with Crippen LogP contribution in [0.15, 0.2) is 48.5 Å². The number of nitrogens with zero attached hydrogens (tertiary/aromatic N) is 1. The second-order valence-corrected chi connectivity index (χ2v) is 7.21. The van der Waals surface area contributed by atoms with Crippen molar-refractivity contribution in [2.24, 2.45) is 0 Å². The van der Waals surface area contributed by atoms with Gasteiger partial charge in [-0.15, -0.1) is 11.3 Å². The minimum Gasteiger partial charge on any atom is -0.383 e. The van der Waals surface area contributed by atoms with E-state index in [0.717, 1.165) is 10.3 Å². The maximum absolute atomic E-state index is 14.4. The number of fused-ring (bicyclic) bond motifs is 1. The standard InChI is InChI=1S/C21H22FNO3S/c1-25-12-11-23(13-15-7-4-3-5-8-15)21(24)20-16(14-26-2)19-17(22)9-6-10-18(19)27-20/h3-10H,11-14H2,1-2H3. The van der Waals surface area contributed by atoms with Gasteiger partial charge in [0.2, 0.25) is 0 Å². The zero-order valence-electron chi connectivity index (χ0n) is 15.4. The van der Waals surface area contributed by atoms with Crippen molar-refractivity contribution in [1.29, 1.82) is 0 Å². The molecule has 0 saturated carbocycles. The van der Waals surface area contributed by atoms with Crippen molar-refractivity contribution >= 4 is 27.3 Å². The molecule has 1 aromatic heterocycles. The van der Waals surface area contributed by atoms with Crippen LogP contribution in [0.25, 0.3) is 10.1 Å². The number of carbonyl (C=O) groups is 1. The highest BCUT2D eigenvalue weighted by Gasteiger charge is 2.24. The van der Waals surface area contributed by atoms with Gasteiger partial charge in [-0.3, -0.25) is 4.79 Å². The lowest BCUT2D eigenvalue weighted by molar-refractivity contribution is 0.0681. The number of methoxy groups -OCH3 is 2. The molecule has 6 heteroatoms. The third kappa shape index (κ3) is 4.35. The number of halogens is 1. The van der Waals surface area contributed by atoms with Crippen molar-refractivity contribution in [1.82, 2.24) is 4.90 Å². The Kier molecular flexibility index (Phi) is 6.55. The van der Waals surface area contributed by atoms with Gasteiger partial charge in [0.1, 0.15) is 5.82 Å². The molecule has 2 aromatic carbocycles. The van der Waals surface area contributed by atoms with E-state index in [2.05, 4.69) is 0 Å². The van der Waals surface area contributed by atoms with Crippen LogP contribution in [-0.2, 0) is 22.6 Å². The van der Waals surface area contributed by atoms with Gasteiger partial charge in [0.05, 0.1) is 18.1 Å². The zero-order chi connectivity index (χ0) is 19.2. The van der Waals surface area contributed by atoms with E-state index in [1.165, 1.54) is 17.4 Å². The normalized spacial score (nSPS) is 11.1. The van der Waals surface area contributed by atoms with Gasteiger partial charge in [0.15, 0.2) is 0 Å². The number of carbonyl (C=O) groups excluding carboxylic acids is 1. The fourth-order valence-corrected chi connectivity index (χ4v) is 4.21. The van der Waals surface area contributed by atoms with Crippen molar-refractivity contribution in [3.8, 4) is 0 Å². The molecular weight excluding hydrogens is 365 g/mol. The van der Waals surface area contributed by atoms with E-state index in [4.69, 9.17) is 9.47 Å². The van der Waals surface area contributed by atoms with Gasteiger partial charge in [0, 0.05) is 43.0 Å². The molecule has 142 valence electrons. The Morgan fingerprint density at radius 3 is 2.56 bits per heavy atom. The van der Waals surface area contributed by atoms with Crippen LogP contribution in [0.1, 0.15) is 20.8 Å². The minimum atomic E-state index is -0.332. The number of thiophene rings is 1. The number of benzene rings is 2. The number of hydrogen-bond acceptors (Lipinski definition) is 4. The highest BCUT2D eigenvalue weighted by atomic mass is 32.1. The van der Waals surface area contributed by atoms with Crippen molar-refractivity contribution in [2.45, 2.75) is 13.2 Å². The van der Waals surface area contributed by atoms with E-state index in [0.29, 0.717) is 35.5 Å². The quantitative estimate of drug-likeness (QED) is 0.572. The Labute approximate surface area is 162 Å². The fourth-order valence-electron chi connectivity index (χ4n) is 3.02. The lowest BCUT2D eigenvalue weighted by Gasteiger charge is -2.22. The lowest BCUT2D eigenvalue weighted by atomic mass is 10.1. The van der Waals surface area contributed by atoms with Crippen LogP contribution >= 0.6 is 11.3 Å². The van der Waals surface area contributed by atoms with Crippen LogP contribution in [0.4, 0.5) is 4.39 Å². The van der Waals surface area contributed by atoms with E-state index in [1.54, 1.807) is 25.2 Å². The van der Waals surface area contributed by atoms with Gasteiger partial charge in [-0.1, -0.05) is 36.4 Å². The first-order valence-corrected chi connectivity index (χ1v) is 9.48. The number of ether oxygens (including phenoxy) is 2. The summed E-state index contributed by atoms with van der Waals surface area (Å²) in [5.41, 5.74) is 1.64. The molecule has 0 aliphatic heterocycles. The minimum absolute atomic E-state index is 0.136. The highest BCUT2D eigenvalue weighted by molar-refractivity contribution is 7.21. The van der Waals surface area contributed by atoms with Crippen molar-refractivity contribution in [3.05, 3.63) is 70.4 Å². The van der Waals surface area contributed by atoms with Gasteiger partial charge < -0.3 is 14.4 Å². The molecule has 27 heavy (non-hydrogen) atoms. The maximum Gasteiger partial charge on any atom is 0.264 e.